The van der Waals surface area contributed by atoms with Crippen LogP contribution in [0, 0.1) is 0 Å². The number of likely N-dealkylation sites (N-methyl/N-ethyl adjacent to an activating group) is 1. The molecule has 0 saturated heterocycles. The first-order chi connectivity index (χ1) is 7.26. The first-order valence-corrected chi connectivity index (χ1v) is 6.06. The molecule has 1 rings (SSSR count). The third-order valence-electron chi connectivity index (χ3n) is 1.99. The minimum absolute atomic E-state index is 0.205. The lowest BCUT2D eigenvalue weighted by atomic mass is 10.5. The third kappa shape index (κ3) is 4.59. The van der Waals surface area contributed by atoms with Crippen LogP contribution in [0.4, 0.5) is 5.13 Å². The molecule has 0 unspecified atom stereocenters. The van der Waals surface area contributed by atoms with Gasteiger partial charge in [-0.3, -0.25) is 4.90 Å². The molecule has 0 fully saturated rings. The number of rotatable bonds is 7. The number of thiazole rings is 1. The molecule has 15 heavy (non-hydrogen) atoms. The van der Waals surface area contributed by atoms with Crippen molar-refractivity contribution in [2.24, 2.45) is 0 Å². The summed E-state index contributed by atoms with van der Waals surface area (Å²) in [5.41, 5.74) is 0. The van der Waals surface area contributed by atoms with Gasteiger partial charge in [0.25, 0.3) is 0 Å². The Bertz CT molecular complexity index is 277. The van der Waals surface area contributed by atoms with E-state index in [0.29, 0.717) is 6.54 Å². The summed E-state index contributed by atoms with van der Waals surface area (Å²) in [6.45, 7) is 4.87. The van der Waals surface area contributed by atoms with E-state index >= 15 is 0 Å². The van der Waals surface area contributed by atoms with E-state index in [2.05, 4.69) is 22.1 Å². The van der Waals surface area contributed by atoms with Gasteiger partial charge in [0, 0.05) is 30.7 Å². The quantitative estimate of drug-likeness (QED) is 0.742. The van der Waals surface area contributed by atoms with Crippen LogP contribution in [0.15, 0.2) is 6.20 Å². The molecule has 0 radical (unpaired) electrons. The van der Waals surface area contributed by atoms with Gasteiger partial charge in [0.1, 0.15) is 0 Å². The van der Waals surface area contributed by atoms with Crippen molar-refractivity contribution in [1.29, 1.82) is 0 Å². The van der Waals surface area contributed by atoms with Gasteiger partial charge in [-0.05, 0) is 13.5 Å². The minimum Gasteiger partial charge on any atom is -0.395 e. The van der Waals surface area contributed by atoms with Crippen molar-refractivity contribution in [3.05, 3.63) is 11.1 Å². The van der Waals surface area contributed by atoms with Crippen LogP contribution in [0.2, 0.25) is 0 Å². The van der Waals surface area contributed by atoms with E-state index in [4.69, 9.17) is 5.11 Å². The fraction of sp³-hybridized carbons (Fsp3) is 0.700. The van der Waals surface area contributed by atoms with Crippen molar-refractivity contribution in [3.8, 4) is 0 Å². The van der Waals surface area contributed by atoms with E-state index in [-0.39, 0.29) is 6.61 Å². The Kier molecular flexibility index (Phi) is 5.60. The van der Waals surface area contributed by atoms with Crippen molar-refractivity contribution in [2.75, 3.05) is 32.1 Å². The Hall–Kier alpha value is -0.650. The molecule has 0 atom stereocenters. The highest BCUT2D eigenvalue weighted by atomic mass is 32.1. The molecule has 0 aromatic carbocycles. The van der Waals surface area contributed by atoms with Gasteiger partial charge in [0.2, 0.25) is 0 Å². The van der Waals surface area contributed by atoms with E-state index in [1.165, 1.54) is 4.88 Å². The maximum absolute atomic E-state index is 8.77. The van der Waals surface area contributed by atoms with Crippen LogP contribution in [0.3, 0.4) is 0 Å². The van der Waals surface area contributed by atoms with Crippen LogP contribution in [0.25, 0.3) is 0 Å². The summed E-state index contributed by atoms with van der Waals surface area (Å²) in [5, 5.41) is 13.0. The lowest BCUT2D eigenvalue weighted by Crippen LogP contribution is -2.20. The zero-order valence-electron chi connectivity index (χ0n) is 9.36. The molecule has 86 valence electrons. The van der Waals surface area contributed by atoms with E-state index in [0.717, 1.165) is 24.6 Å². The largest absolute Gasteiger partial charge is 0.395 e. The number of aliphatic hydroxyl groups is 1. The van der Waals surface area contributed by atoms with Gasteiger partial charge in [-0.25, -0.2) is 4.98 Å². The Morgan fingerprint density at radius 3 is 3.07 bits per heavy atom. The molecule has 1 aromatic heterocycles. The van der Waals surface area contributed by atoms with E-state index in [1.807, 2.05) is 13.2 Å². The summed E-state index contributed by atoms with van der Waals surface area (Å²) in [4.78, 5) is 7.59. The van der Waals surface area contributed by atoms with Gasteiger partial charge in [-0.15, -0.1) is 11.3 Å². The fourth-order valence-corrected chi connectivity index (χ4v) is 2.13. The first-order valence-electron chi connectivity index (χ1n) is 5.24. The average Bonchev–Trinajstić information content (AvgIpc) is 2.63. The SMILES string of the molecule is CCCNc1ncc(CN(C)CCO)s1. The van der Waals surface area contributed by atoms with Gasteiger partial charge in [0.05, 0.1) is 6.61 Å². The zero-order chi connectivity index (χ0) is 11.1. The Morgan fingerprint density at radius 2 is 2.40 bits per heavy atom. The Balaban J connectivity index is 2.38. The zero-order valence-corrected chi connectivity index (χ0v) is 10.2. The standard InChI is InChI=1S/C10H19N3OS/c1-3-4-11-10-12-7-9(15-10)8-13(2)5-6-14/h7,14H,3-6,8H2,1-2H3,(H,11,12). The highest BCUT2D eigenvalue weighted by Crippen LogP contribution is 2.18. The normalized spacial score (nSPS) is 10.9. The summed E-state index contributed by atoms with van der Waals surface area (Å²) in [6, 6.07) is 0. The second-order valence-corrected chi connectivity index (χ2v) is 4.64. The predicted octanol–water partition coefficient (Wildman–Crippen LogP) is 1.39. The molecule has 0 spiro atoms. The van der Waals surface area contributed by atoms with Crippen LogP contribution in [-0.4, -0.2) is 41.7 Å². The number of hydrogen-bond donors (Lipinski definition) is 2. The summed E-state index contributed by atoms with van der Waals surface area (Å²) in [5.74, 6) is 0. The van der Waals surface area contributed by atoms with Crippen LogP contribution in [-0.2, 0) is 6.54 Å². The topological polar surface area (TPSA) is 48.4 Å². The van der Waals surface area contributed by atoms with Crippen LogP contribution >= 0.6 is 11.3 Å². The molecule has 0 bridgehead atoms. The van der Waals surface area contributed by atoms with E-state index < -0.39 is 0 Å². The van der Waals surface area contributed by atoms with Crippen molar-refractivity contribution in [1.82, 2.24) is 9.88 Å². The average molecular weight is 229 g/mol. The number of nitrogens with zero attached hydrogens (tertiary/aromatic N) is 2. The van der Waals surface area contributed by atoms with Crippen LogP contribution < -0.4 is 5.32 Å². The summed E-state index contributed by atoms with van der Waals surface area (Å²) in [7, 11) is 2.00. The number of nitrogens with one attached hydrogen (secondary N) is 1. The second-order valence-electron chi connectivity index (χ2n) is 3.52. The molecular formula is C10H19N3OS. The highest BCUT2D eigenvalue weighted by molar-refractivity contribution is 7.15. The van der Waals surface area contributed by atoms with Crippen LogP contribution in [0.5, 0.6) is 0 Å². The summed E-state index contributed by atoms with van der Waals surface area (Å²) >= 11 is 1.68. The highest BCUT2D eigenvalue weighted by Gasteiger charge is 2.04. The predicted molar refractivity (Wildman–Crippen MR) is 64.3 cm³/mol. The Labute approximate surface area is 94.9 Å². The number of hydrogen-bond acceptors (Lipinski definition) is 5. The minimum atomic E-state index is 0.205. The van der Waals surface area contributed by atoms with Crippen molar-refractivity contribution >= 4 is 16.5 Å². The van der Waals surface area contributed by atoms with Crippen LogP contribution in [0.1, 0.15) is 18.2 Å². The van der Waals surface area contributed by atoms with Crippen molar-refractivity contribution in [2.45, 2.75) is 19.9 Å². The third-order valence-corrected chi connectivity index (χ3v) is 2.93. The van der Waals surface area contributed by atoms with E-state index in [9.17, 15) is 0 Å². The maximum Gasteiger partial charge on any atom is 0.182 e. The Morgan fingerprint density at radius 1 is 1.60 bits per heavy atom. The van der Waals surface area contributed by atoms with Gasteiger partial charge in [-0.2, -0.15) is 0 Å². The molecule has 0 amide bonds. The smallest absolute Gasteiger partial charge is 0.182 e. The molecule has 2 N–H and O–H groups in total. The number of anilines is 1. The fourth-order valence-electron chi connectivity index (χ4n) is 1.21. The molecule has 1 heterocycles. The molecule has 5 heteroatoms. The number of aromatic nitrogens is 1. The maximum atomic E-state index is 8.77. The molecular weight excluding hydrogens is 210 g/mol. The van der Waals surface area contributed by atoms with E-state index in [1.54, 1.807) is 11.3 Å². The molecule has 0 aliphatic rings. The summed E-state index contributed by atoms with van der Waals surface area (Å²) in [6.07, 6.45) is 3.01. The molecule has 0 aliphatic heterocycles. The van der Waals surface area contributed by atoms with Gasteiger partial charge in [-0.1, -0.05) is 6.92 Å². The van der Waals surface area contributed by atoms with Gasteiger partial charge >= 0.3 is 0 Å². The second kappa shape index (κ2) is 6.76. The number of aliphatic hydroxyl groups excluding tert-OH is 1. The lowest BCUT2D eigenvalue weighted by molar-refractivity contribution is 0.218. The van der Waals surface area contributed by atoms with Crippen molar-refractivity contribution in [3.63, 3.8) is 0 Å². The molecule has 1 aromatic rings. The molecule has 0 saturated carbocycles. The molecule has 4 nitrogen and oxygen atoms in total. The summed E-state index contributed by atoms with van der Waals surface area (Å²) < 4.78 is 0. The van der Waals surface area contributed by atoms with Crippen molar-refractivity contribution < 1.29 is 5.11 Å². The molecule has 0 aliphatic carbocycles. The monoisotopic (exact) mass is 229 g/mol. The first kappa shape index (κ1) is 12.4. The van der Waals surface area contributed by atoms with Gasteiger partial charge in [0.15, 0.2) is 5.13 Å². The van der Waals surface area contributed by atoms with Gasteiger partial charge < -0.3 is 10.4 Å². The lowest BCUT2D eigenvalue weighted by Gasteiger charge is -2.12.